The first-order chi connectivity index (χ1) is 9.47. The van der Waals surface area contributed by atoms with Crippen LogP contribution in [0.5, 0.6) is 11.5 Å². The molecule has 1 heterocycles. The maximum absolute atomic E-state index is 11.9. The first-order valence-corrected chi connectivity index (χ1v) is 6.94. The van der Waals surface area contributed by atoms with Crippen LogP contribution in [0, 0.1) is 5.92 Å². The van der Waals surface area contributed by atoms with E-state index in [4.69, 9.17) is 9.47 Å². The van der Waals surface area contributed by atoms with Crippen LogP contribution >= 0.6 is 0 Å². The highest BCUT2D eigenvalue weighted by atomic mass is 16.7. The molecule has 1 aromatic rings. The molecule has 1 aliphatic rings. The molecule has 5 nitrogen and oxygen atoms in total. The van der Waals surface area contributed by atoms with Crippen molar-refractivity contribution in [2.24, 2.45) is 5.92 Å². The van der Waals surface area contributed by atoms with E-state index in [9.17, 15) is 4.79 Å². The summed E-state index contributed by atoms with van der Waals surface area (Å²) in [6, 6.07) is 5.59. The number of ether oxygens (including phenoxy) is 2. The maximum atomic E-state index is 11.9. The van der Waals surface area contributed by atoms with Crippen LogP contribution in [0.4, 0.5) is 4.79 Å². The summed E-state index contributed by atoms with van der Waals surface area (Å²) in [6.45, 7) is 8.35. The Morgan fingerprint density at radius 1 is 1.10 bits per heavy atom. The van der Waals surface area contributed by atoms with Gasteiger partial charge < -0.3 is 20.1 Å². The summed E-state index contributed by atoms with van der Waals surface area (Å²) in [5.41, 5.74) is 0.988. The summed E-state index contributed by atoms with van der Waals surface area (Å²) in [5.74, 6) is 1.88. The van der Waals surface area contributed by atoms with Crippen molar-refractivity contribution in [1.82, 2.24) is 10.6 Å². The maximum Gasteiger partial charge on any atom is 0.315 e. The minimum absolute atomic E-state index is 0.0936. The molecule has 0 bridgehead atoms. The molecule has 0 saturated heterocycles. The van der Waals surface area contributed by atoms with E-state index < -0.39 is 0 Å². The second-order valence-electron chi connectivity index (χ2n) is 5.48. The fourth-order valence-corrected chi connectivity index (χ4v) is 1.88. The molecule has 0 spiro atoms. The number of carbonyl (C=O) groups excluding carboxylic acids is 1. The van der Waals surface area contributed by atoms with E-state index in [1.165, 1.54) is 0 Å². The van der Waals surface area contributed by atoms with Gasteiger partial charge in [-0.15, -0.1) is 0 Å². The van der Waals surface area contributed by atoms with Crippen molar-refractivity contribution < 1.29 is 14.3 Å². The Hall–Kier alpha value is -1.91. The minimum atomic E-state index is -0.156. The second kappa shape index (κ2) is 6.03. The third kappa shape index (κ3) is 3.35. The minimum Gasteiger partial charge on any atom is -0.454 e. The SMILES string of the molecule is CC(NC(=O)NC(C)C(C)C)c1ccc2c(c1)OCO2. The van der Waals surface area contributed by atoms with Gasteiger partial charge in [0.25, 0.3) is 0 Å². The summed E-state index contributed by atoms with van der Waals surface area (Å²) in [6.07, 6.45) is 0. The molecule has 2 atom stereocenters. The van der Waals surface area contributed by atoms with Crippen LogP contribution in [0.1, 0.15) is 39.3 Å². The van der Waals surface area contributed by atoms with Gasteiger partial charge in [0.05, 0.1) is 6.04 Å². The van der Waals surface area contributed by atoms with E-state index in [0.717, 1.165) is 17.1 Å². The molecular formula is C15H22N2O3. The lowest BCUT2D eigenvalue weighted by molar-refractivity contribution is 0.174. The van der Waals surface area contributed by atoms with Gasteiger partial charge in [-0.2, -0.15) is 0 Å². The van der Waals surface area contributed by atoms with Gasteiger partial charge in [0.1, 0.15) is 0 Å². The molecule has 0 aliphatic carbocycles. The Kier molecular flexibility index (Phi) is 4.37. The highest BCUT2D eigenvalue weighted by Crippen LogP contribution is 2.34. The summed E-state index contributed by atoms with van der Waals surface area (Å²) in [5, 5.41) is 5.85. The van der Waals surface area contributed by atoms with Gasteiger partial charge in [-0.3, -0.25) is 0 Å². The average Bonchev–Trinajstić information content (AvgIpc) is 2.85. The fourth-order valence-electron chi connectivity index (χ4n) is 1.88. The molecule has 2 unspecified atom stereocenters. The number of benzene rings is 1. The number of carbonyl (C=O) groups is 1. The van der Waals surface area contributed by atoms with Crippen LogP contribution in [0.2, 0.25) is 0 Å². The third-order valence-corrected chi connectivity index (χ3v) is 3.60. The number of rotatable bonds is 4. The lowest BCUT2D eigenvalue weighted by atomic mass is 10.1. The number of hydrogen-bond donors (Lipinski definition) is 2. The Morgan fingerprint density at radius 3 is 2.50 bits per heavy atom. The zero-order chi connectivity index (χ0) is 14.7. The van der Waals surface area contributed by atoms with Crippen LogP contribution in [0.25, 0.3) is 0 Å². The Balaban J connectivity index is 1.94. The zero-order valence-corrected chi connectivity index (χ0v) is 12.4. The first-order valence-electron chi connectivity index (χ1n) is 6.94. The zero-order valence-electron chi connectivity index (χ0n) is 12.4. The van der Waals surface area contributed by atoms with Crippen molar-refractivity contribution >= 4 is 6.03 Å². The van der Waals surface area contributed by atoms with Crippen LogP contribution in [-0.4, -0.2) is 18.9 Å². The Bertz CT molecular complexity index is 488. The number of amides is 2. The standard InChI is InChI=1S/C15H22N2O3/c1-9(2)10(3)16-15(18)17-11(4)12-5-6-13-14(7-12)20-8-19-13/h5-7,9-11H,8H2,1-4H3,(H2,16,17,18). The molecular weight excluding hydrogens is 256 g/mol. The van der Waals surface area contributed by atoms with Crippen LogP contribution < -0.4 is 20.1 Å². The molecule has 1 aromatic carbocycles. The smallest absolute Gasteiger partial charge is 0.315 e. The predicted molar refractivity (Wildman–Crippen MR) is 76.9 cm³/mol. The van der Waals surface area contributed by atoms with Gasteiger partial charge in [-0.25, -0.2) is 4.79 Å². The Morgan fingerprint density at radius 2 is 1.80 bits per heavy atom. The van der Waals surface area contributed by atoms with Crippen molar-refractivity contribution in [3.05, 3.63) is 23.8 Å². The highest BCUT2D eigenvalue weighted by Gasteiger charge is 2.17. The van der Waals surface area contributed by atoms with Gasteiger partial charge in [-0.1, -0.05) is 19.9 Å². The van der Waals surface area contributed by atoms with Crippen molar-refractivity contribution in [2.75, 3.05) is 6.79 Å². The highest BCUT2D eigenvalue weighted by molar-refractivity contribution is 5.74. The lowest BCUT2D eigenvalue weighted by Crippen LogP contribution is -2.43. The number of hydrogen-bond acceptors (Lipinski definition) is 3. The van der Waals surface area contributed by atoms with Crippen molar-refractivity contribution in [3.63, 3.8) is 0 Å². The molecule has 0 radical (unpaired) electrons. The number of fused-ring (bicyclic) bond motifs is 1. The van der Waals surface area contributed by atoms with E-state index in [-0.39, 0.29) is 24.9 Å². The molecule has 2 rings (SSSR count). The predicted octanol–water partition coefficient (Wildman–Crippen LogP) is 2.82. The monoisotopic (exact) mass is 278 g/mol. The van der Waals surface area contributed by atoms with Crippen molar-refractivity contribution in [1.29, 1.82) is 0 Å². The fraction of sp³-hybridized carbons (Fsp3) is 0.533. The van der Waals surface area contributed by atoms with Crippen LogP contribution in [0.3, 0.4) is 0 Å². The largest absolute Gasteiger partial charge is 0.454 e. The van der Waals surface area contributed by atoms with Crippen molar-refractivity contribution in [3.8, 4) is 11.5 Å². The van der Waals surface area contributed by atoms with Gasteiger partial charge in [-0.05, 0) is 37.5 Å². The molecule has 1 aliphatic heterocycles. The van der Waals surface area contributed by atoms with Gasteiger partial charge in [0.2, 0.25) is 6.79 Å². The third-order valence-electron chi connectivity index (χ3n) is 3.60. The summed E-state index contributed by atoms with van der Waals surface area (Å²) in [7, 11) is 0. The average molecular weight is 278 g/mol. The molecule has 0 fully saturated rings. The van der Waals surface area contributed by atoms with Crippen molar-refractivity contribution in [2.45, 2.75) is 39.8 Å². The van der Waals surface area contributed by atoms with E-state index in [1.54, 1.807) is 0 Å². The van der Waals surface area contributed by atoms with E-state index in [2.05, 4.69) is 24.5 Å². The molecule has 5 heteroatoms. The first kappa shape index (κ1) is 14.5. The summed E-state index contributed by atoms with van der Waals surface area (Å²) < 4.78 is 10.6. The van der Waals surface area contributed by atoms with E-state index in [0.29, 0.717) is 5.92 Å². The van der Waals surface area contributed by atoms with Gasteiger partial charge >= 0.3 is 6.03 Å². The molecule has 0 aromatic heterocycles. The molecule has 2 amide bonds. The summed E-state index contributed by atoms with van der Waals surface area (Å²) >= 11 is 0. The van der Waals surface area contributed by atoms with Crippen LogP contribution in [-0.2, 0) is 0 Å². The molecule has 2 N–H and O–H groups in total. The molecule has 110 valence electrons. The van der Waals surface area contributed by atoms with E-state index >= 15 is 0 Å². The molecule has 0 saturated carbocycles. The topological polar surface area (TPSA) is 59.6 Å². The quantitative estimate of drug-likeness (QED) is 0.890. The number of nitrogens with one attached hydrogen (secondary N) is 2. The number of urea groups is 1. The normalized spacial score (nSPS) is 15.8. The molecule has 20 heavy (non-hydrogen) atoms. The lowest BCUT2D eigenvalue weighted by Gasteiger charge is -2.20. The Labute approximate surface area is 119 Å². The van der Waals surface area contributed by atoms with Crippen LogP contribution in [0.15, 0.2) is 18.2 Å². The van der Waals surface area contributed by atoms with Gasteiger partial charge in [0, 0.05) is 6.04 Å². The van der Waals surface area contributed by atoms with Gasteiger partial charge in [0.15, 0.2) is 11.5 Å². The second-order valence-corrected chi connectivity index (χ2v) is 5.48. The summed E-state index contributed by atoms with van der Waals surface area (Å²) in [4.78, 5) is 11.9. The van der Waals surface area contributed by atoms with E-state index in [1.807, 2.05) is 32.0 Å².